The fraction of sp³-hybridized carbons (Fsp3) is 0.143. The molecule has 0 saturated heterocycles. The fourth-order valence-electron chi connectivity index (χ4n) is 1.82. The van der Waals surface area contributed by atoms with Crippen LogP contribution in [0, 0.1) is 5.82 Å². The molecule has 4 nitrogen and oxygen atoms in total. The molecule has 3 N–H and O–H groups in total. The fourth-order valence-corrected chi connectivity index (χ4v) is 3.22. The summed E-state index contributed by atoms with van der Waals surface area (Å²) in [5, 5.41) is 0.125. The van der Waals surface area contributed by atoms with Crippen LogP contribution in [0.4, 0.5) is 10.1 Å². The minimum Gasteiger partial charge on any atom is -0.326 e. The van der Waals surface area contributed by atoms with Crippen LogP contribution in [0.5, 0.6) is 0 Å². The molecule has 0 amide bonds. The number of hydrogen-bond donors (Lipinski definition) is 2. The molecule has 0 unspecified atom stereocenters. The van der Waals surface area contributed by atoms with Crippen molar-refractivity contribution in [3.8, 4) is 0 Å². The van der Waals surface area contributed by atoms with Gasteiger partial charge in [-0.15, -0.1) is 0 Å². The maximum atomic E-state index is 13.2. The standard InChI is InChI=1S/C14H14ClFN2O2S/c15-12-5-13(16)7-14(6-12)18-21(19,20)9-11-3-1-10(8-17)2-4-11/h1-7,18H,8-9,17H2. The van der Waals surface area contributed by atoms with Crippen molar-refractivity contribution in [3.63, 3.8) is 0 Å². The van der Waals surface area contributed by atoms with Crippen LogP contribution in [0.25, 0.3) is 0 Å². The van der Waals surface area contributed by atoms with Gasteiger partial charge in [0.25, 0.3) is 0 Å². The van der Waals surface area contributed by atoms with E-state index in [4.69, 9.17) is 17.3 Å². The number of rotatable bonds is 5. The highest BCUT2D eigenvalue weighted by atomic mass is 35.5. The van der Waals surface area contributed by atoms with Gasteiger partial charge in [0.15, 0.2) is 0 Å². The first-order chi connectivity index (χ1) is 9.88. The Bertz CT molecular complexity index is 713. The summed E-state index contributed by atoms with van der Waals surface area (Å²) < 4.78 is 39.6. The van der Waals surface area contributed by atoms with Crippen LogP contribution in [0.2, 0.25) is 5.02 Å². The van der Waals surface area contributed by atoms with Gasteiger partial charge in [0.05, 0.1) is 11.4 Å². The molecule has 7 heteroatoms. The minimum absolute atomic E-state index is 0.0959. The molecule has 0 aliphatic rings. The molecule has 112 valence electrons. The first kappa shape index (κ1) is 15.8. The Balaban J connectivity index is 2.14. The Hall–Kier alpha value is -1.63. The summed E-state index contributed by atoms with van der Waals surface area (Å²) in [6.07, 6.45) is 0. The summed E-state index contributed by atoms with van der Waals surface area (Å²) in [5.41, 5.74) is 7.11. The number of halogens is 2. The highest BCUT2D eigenvalue weighted by Crippen LogP contribution is 2.20. The smallest absolute Gasteiger partial charge is 0.236 e. The van der Waals surface area contributed by atoms with Crippen molar-refractivity contribution in [3.05, 3.63) is 64.4 Å². The molecule has 2 aromatic rings. The second-order valence-electron chi connectivity index (χ2n) is 4.54. The summed E-state index contributed by atoms with van der Waals surface area (Å²) >= 11 is 5.69. The zero-order chi connectivity index (χ0) is 15.5. The van der Waals surface area contributed by atoms with Crippen molar-refractivity contribution in [2.24, 2.45) is 5.73 Å². The number of anilines is 1. The summed E-state index contributed by atoms with van der Waals surface area (Å²) in [6, 6.07) is 10.4. The molecular formula is C14H14ClFN2O2S. The SMILES string of the molecule is NCc1ccc(CS(=O)(=O)Nc2cc(F)cc(Cl)c2)cc1. The van der Waals surface area contributed by atoms with E-state index in [-0.39, 0.29) is 16.5 Å². The zero-order valence-electron chi connectivity index (χ0n) is 11.0. The lowest BCUT2D eigenvalue weighted by Crippen LogP contribution is -2.15. The van der Waals surface area contributed by atoms with Gasteiger partial charge in [0.1, 0.15) is 5.82 Å². The quantitative estimate of drug-likeness (QED) is 0.886. The second-order valence-corrected chi connectivity index (χ2v) is 6.70. The van der Waals surface area contributed by atoms with Gasteiger partial charge < -0.3 is 5.73 Å². The normalized spacial score (nSPS) is 11.4. The summed E-state index contributed by atoms with van der Waals surface area (Å²) in [6.45, 7) is 0.396. The molecule has 0 atom stereocenters. The Labute approximate surface area is 127 Å². The van der Waals surface area contributed by atoms with Crippen molar-refractivity contribution in [2.75, 3.05) is 4.72 Å². The monoisotopic (exact) mass is 328 g/mol. The highest BCUT2D eigenvalue weighted by molar-refractivity contribution is 7.91. The Kier molecular flexibility index (Phi) is 4.82. The van der Waals surface area contributed by atoms with Crippen LogP contribution < -0.4 is 10.5 Å². The van der Waals surface area contributed by atoms with E-state index in [0.29, 0.717) is 12.1 Å². The summed E-state index contributed by atoms with van der Waals surface area (Å²) in [7, 11) is -3.65. The first-order valence-electron chi connectivity index (χ1n) is 6.12. The minimum atomic E-state index is -3.65. The van der Waals surface area contributed by atoms with E-state index in [1.165, 1.54) is 6.07 Å². The maximum absolute atomic E-state index is 13.2. The molecule has 21 heavy (non-hydrogen) atoms. The van der Waals surface area contributed by atoms with Crippen LogP contribution in [0.1, 0.15) is 11.1 Å². The van der Waals surface area contributed by atoms with Crippen LogP contribution in [-0.2, 0) is 22.3 Å². The predicted octanol–water partition coefficient (Wildman–Crippen LogP) is 2.88. The van der Waals surface area contributed by atoms with Gasteiger partial charge in [-0.05, 0) is 29.3 Å². The van der Waals surface area contributed by atoms with Crippen molar-refractivity contribution in [1.82, 2.24) is 0 Å². The topological polar surface area (TPSA) is 72.2 Å². The van der Waals surface area contributed by atoms with Crippen LogP contribution in [-0.4, -0.2) is 8.42 Å². The molecule has 2 rings (SSSR count). The van der Waals surface area contributed by atoms with Gasteiger partial charge in [0.2, 0.25) is 10.0 Å². The Morgan fingerprint density at radius 1 is 1.10 bits per heavy atom. The van der Waals surface area contributed by atoms with Crippen molar-refractivity contribution < 1.29 is 12.8 Å². The number of sulfonamides is 1. The number of nitrogens with two attached hydrogens (primary N) is 1. The van der Waals surface area contributed by atoms with Crippen molar-refractivity contribution in [2.45, 2.75) is 12.3 Å². The van der Waals surface area contributed by atoms with Crippen molar-refractivity contribution in [1.29, 1.82) is 0 Å². The zero-order valence-corrected chi connectivity index (χ0v) is 12.6. The van der Waals surface area contributed by atoms with Crippen LogP contribution in [0.15, 0.2) is 42.5 Å². The largest absolute Gasteiger partial charge is 0.326 e. The maximum Gasteiger partial charge on any atom is 0.236 e. The van der Waals surface area contributed by atoms with Crippen LogP contribution >= 0.6 is 11.6 Å². The van der Waals surface area contributed by atoms with Gasteiger partial charge in [-0.25, -0.2) is 12.8 Å². The van der Waals surface area contributed by atoms with E-state index in [1.54, 1.807) is 24.3 Å². The molecule has 2 aromatic carbocycles. The lowest BCUT2D eigenvalue weighted by atomic mass is 10.1. The third kappa shape index (κ3) is 4.70. The van der Waals surface area contributed by atoms with E-state index in [0.717, 1.165) is 17.7 Å². The lowest BCUT2D eigenvalue weighted by Gasteiger charge is -2.09. The van der Waals surface area contributed by atoms with Crippen molar-refractivity contribution >= 4 is 27.3 Å². The summed E-state index contributed by atoms with van der Waals surface area (Å²) in [5.74, 6) is -0.820. The molecule has 0 saturated carbocycles. The van der Waals surface area contributed by atoms with Gasteiger partial charge in [-0.1, -0.05) is 35.9 Å². The number of nitrogens with one attached hydrogen (secondary N) is 1. The lowest BCUT2D eigenvalue weighted by molar-refractivity contribution is 0.600. The second kappa shape index (κ2) is 6.43. The first-order valence-corrected chi connectivity index (χ1v) is 8.15. The van der Waals surface area contributed by atoms with E-state index >= 15 is 0 Å². The van der Waals surface area contributed by atoms with E-state index in [1.807, 2.05) is 0 Å². The highest BCUT2D eigenvalue weighted by Gasteiger charge is 2.13. The molecule has 0 bridgehead atoms. The molecule has 0 aliphatic carbocycles. The van der Waals surface area contributed by atoms with E-state index in [9.17, 15) is 12.8 Å². The average Bonchev–Trinajstić information content (AvgIpc) is 2.37. The molecule has 0 spiro atoms. The third-order valence-corrected chi connectivity index (χ3v) is 4.23. The van der Waals surface area contributed by atoms with Gasteiger partial charge in [-0.3, -0.25) is 4.72 Å². The Morgan fingerprint density at radius 3 is 2.29 bits per heavy atom. The van der Waals surface area contributed by atoms with Gasteiger partial charge in [-0.2, -0.15) is 0 Å². The Morgan fingerprint density at radius 2 is 1.71 bits per heavy atom. The van der Waals surface area contributed by atoms with Crippen LogP contribution in [0.3, 0.4) is 0 Å². The summed E-state index contributed by atoms with van der Waals surface area (Å²) in [4.78, 5) is 0. The third-order valence-electron chi connectivity index (χ3n) is 2.75. The number of benzene rings is 2. The molecule has 0 heterocycles. The van der Waals surface area contributed by atoms with E-state index < -0.39 is 15.8 Å². The molecule has 0 fully saturated rings. The molecular weight excluding hydrogens is 315 g/mol. The van der Waals surface area contributed by atoms with E-state index in [2.05, 4.69) is 4.72 Å². The molecule has 0 radical (unpaired) electrons. The average molecular weight is 329 g/mol. The predicted molar refractivity (Wildman–Crippen MR) is 82.0 cm³/mol. The molecule has 0 aromatic heterocycles. The molecule has 0 aliphatic heterocycles. The number of hydrogen-bond acceptors (Lipinski definition) is 3. The van der Waals surface area contributed by atoms with Gasteiger partial charge >= 0.3 is 0 Å². The van der Waals surface area contributed by atoms with Gasteiger partial charge in [0, 0.05) is 11.6 Å².